The van der Waals surface area contributed by atoms with E-state index >= 15 is 0 Å². The average molecular weight is 444 g/mol. The Bertz CT molecular complexity index is 1180. The number of hydrogen-bond donors (Lipinski definition) is 3. The van der Waals surface area contributed by atoms with E-state index in [1.807, 2.05) is 11.8 Å². The first-order valence-electron chi connectivity index (χ1n) is 9.39. The van der Waals surface area contributed by atoms with Crippen LogP contribution in [0.15, 0.2) is 30.3 Å². The Hall–Kier alpha value is -3.53. The van der Waals surface area contributed by atoms with Crippen LogP contribution >= 0.6 is 11.3 Å². The Morgan fingerprint density at radius 1 is 1.26 bits per heavy atom. The molecule has 10 heteroatoms. The molecule has 0 saturated carbocycles. The van der Waals surface area contributed by atoms with E-state index < -0.39 is 11.8 Å². The summed E-state index contributed by atoms with van der Waals surface area (Å²) in [5, 5.41) is 17.6. The van der Waals surface area contributed by atoms with Crippen molar-refractivity contribution in [2.75, 3.05) is 25.1 Å². The number of aromatic nitrogens is 1. The van der Waals surface area contributed by atoms with Gasteiger partial charge in [-0.2, -0.15) is 0 Å². The Kier molecular flexibility index (Phi) is 6.50. The van der Waals surface area contributed by atoms with Gasteiger partial charge < -0.3 is 20.5 Å². The van der Waals surface area contributed by atoms with Crippen LogP contribution in [0.4, 0.5) is 9.52 Å². The van der Waals surface area contributed by atoms with Crippen LogP contribution in [-0.2, 0) is 9.53 Å². The van der Waals surface area contributed by atoms with Crippen LogP contribution in [-0.4, -0.2) is 48.1 Å². The van der Waals surface area contributed by atoms with Crippen LogP contribution < -0.4 is 10.6 Å². The molecule has 0 radical (unpaired) electrons. The largest absolute Gasteiger partial charge is 0.478 e. The fourth-order valence-electron chi connectivity index (χ4n) is 3.10. The van der Waals surface area contributed by atoms with Gasteiger partial charge in [-0.15, -0.1) is 0 Å². The molecule has 31 heavy (non-hydrogen) atoms. The minimum absolute atomic E-state index is 0.00496. The van der Waals surface area contributed by atoms with E-state index in [2.05, 4.69) is 9.72 Å². The SMILES string of the molecule is CCN(CCC(=O)OC)c1nc2c(-c3ccc(C(=N)N)cc3F)cc(C(=O)O)cc2s1. The second kappa shape index (κ2) is 9.09. The maximum Gasteiger partial charge on any atom is 0.335 e. The van der Waals surface area contributed by atoms with Crippen LogP contribution in [0.3, 0.4) is 0 Å². The molecule has 8 nitrogen and oxygen atoms in total. The number of carbonyl (C=O) groups excluding carboxylic acids is 1. The molecule has 0 amide bonds. The molecule has 0 saturated heterocycles. The number of methoxy groups -OCH3 is 1. The molecule has 0 atom stereocenters. The number of fused-ring (bicyclic) bond motifs is 1. The van der Waals surface area contributed by atoms with E-state index in [-0.39, 0.29) is 34.9 Å². The Labute approximate surface area is 181 Å². The molecule has 0 spiro atoms. The lowest BCUT2D eigenvalue weighted by Gasteiger charge is -2.18. The number of ether oxygens (including phenoxy) is 1. The van der Waals surface area contributed by atoms with Gasteiger partial charge in [0.15, 0.2) is 5.13 Å². The Morgan fingerprint density at radius 2 is 2.00 bits per heavy atom. The first-order chi connectivity index (χ1) is 14.7. The van der Waals surface area contributed by atoms with Gasteiger partial charge >= 0.3 is 11.9 Å². The minimum atomic E-state index is -1.14. The predicted octanol–water partition coefficient (Wildman–Crippen LogP) is 3.47. The van der Waals surface area contributed by atoms with Crippen molar-refractivity contribution in [3.8, 4) is 11.1 Å². The number of nitrogens with two attached hydrogens (primary N) is 1. The van der Waals surface area contributed by atoms with Crippen molar-refractivity contribution in [2.24, 2.45) is 5.73 Å². The number of esters is 1. The third-order valence-electron chi connectivity index (χ3n) is 4.77. The molecule has 0 aliphatic heterocycles. The zero-order chi connectivity index (χ0) is 22.7. The van der Waals surface area contributed by atoms with Gasteiger partial charge in [-0.3, -0.25) is 10.2 Å². The van der Waals surface area contributed by atoms with Crippen molar-refractivity contribution in [2.45, 2.75) is 13.3 Å². The van der Waals surface area contributed by atoms with Crippen LogP contribution in [0, 0.1) is 11.2 Å². The fourth-order valence-corrected chi connectivity index (χ4v) is 4.22. The molecule has 0 aliphatic carbocycles. The van der Waals surface area contributed by atoms with Crippen LogP contribution in [0.2, 0.25) is 0 Å². The van der Waals surface area contributed by atoms with E-state index in [1.54, 1.807) is 0 Å². The summed E-state index contributed by atoms with van der Waals surface area (Å²) in [4.78, 5) is 29.7. The number of aromatic carboxylic acids is 1. The number of halogens is 1. The molecule has 3 rings (SSSR count). The van der Waals surface area contributed by atoms with Gasteiger partial charge in [0, 0.05) is 29.8 Å². The normalized spacial score (nSPS) is 10.8. The third kappa shape index (κ3) is 4.64. The summed E-state index contributed by atoms with van der Waals surface area (Å²) in [5.41, 5.74) is 6.60. The highest BCUT2D eigenvalue weighted by molar-refractivity contribution is 7.22. The monoisotopic (exact) mass is 444 g/mol. The number of nitrogens with one attached hydrogen (secondary N) is 1. The molecule has 3 aromatic rings. The lowest BCUT2D eigenvalue weighted by Crippen LogP contribution is -2.25. The smallest absolute Gasteiger partial charge is 0.335 e. The highest BCUT2D eigenvalue weighted by Crippen LogP contribution is 2.37. The van der Waals surface area contributed by atoms with Gasteiger partial charge in [0.25, 0.3) is 0 Å². The summed E-state index contributed by atoms with van der Waals surface area (Å²) < 4.78 is 20.1. The molecule has 1 heterocycles. The number of carbonyl (C=O) groups is 2. The summed E-state index contributed by atoms with van der Waals surface area (Å²) in [6, 6.07) is 6.98. The van der Waals surface area contributed by atoms with Crippen molar-refractivity contribution in [3.05, 3.63) is 47.3 Å². The highest BCUT2D eigenvalue weighted by atomic mass is 32.1. The summed E-state index contributed by atoms with van der Waals surface area (Å²) in [5.74, 6) is -2.39. The number of thiazole rings is 1. The lowest BCUT2D eigenvalue weighted by atomic mass is 9.99. The molecule has 4 N–H and O–H groups in total. The van der Waals surface area contributed by atoms with Crippen molar-refractivity contribution in [1.29, 1.82) is 5.41 Å². The number of nitrogen functional groups attached to an aromatic ring is 1. The van der Waals surface area contributed by atoms with Crippen LogP contribution in [0.25, 0.3) is 21.3 Å². The van der Waals surface area contributed by atoms with E-state index in [0.717, 1.165) is 6.07 Å². The van der Waals surface area contributed by atoms with Gasteiger partial charge in [0.1, 0.15) is 11.7 Å². The molecular weight excluding hydrogens is 423 g/mol. The number of benzene rings is 2. The molecule has 2 aromatic carbocycles. The number of carboxylic acids is 1. The fraction of sp³-hybridized carbons (Fsp3) is 0.238. The van der Waals surface area contributed by atoms with E-state index in [9.17, 15) is 19.1 Å². The first-order valence-corrected chi connectivity index (χ1v) is 10.2. The average Bonchev–Trinajstić information content (AvgIpc) is 3.17. The summed E-state index contributed by atoms with van der Waals surface area (Å²) in [7, 11) is 1.32. The number of anilines is 1. The first kappa shape index (κ1) is 22.2. The highest BCUT2D eigenvalue weighted by Gasteiger charge is 2.20. The summed E-state index contributed by atoms with van der Waals surface area (Å²) in [6.07, 6.45) is 0.175. The van der Waals surface area contributed by atoms with Gasteiger partial charge in [-0.05, 0) is 25.1 Å². The summed E-state index contributed by atoms with van der Waals surface area (Å²) in [6.45, 7) is 2.86. The third-order valence-corrected chi connectivity index (χ3v) is 5.83. The predicted molar refractivity (Wildman–Crippen MR) is 118 cm³/mol. The number of hydrogen-bond acceptors (Lipinski definition) is 7. The standard InChI is InChI=1S/C21H21FN4O4S/c1-3-26(7-6-17(27)30-2)21-25-18-14(8-12(20(28)29)10-16(18)31-21)13-5-4-11(19(23)24)9-15(13)22/h4-5,8-10H,3,6-7H2,1-2H3,(H3,23,24)(H,28,29). The zero-order valence-corrected chi connectivity index (χ0v) is 17.8. The quantitative estimate of drug-likeness (QED) is 0.275. The molecular formula is C21H21FN4O4S. The number of nitrogens with zero attached hydrogens (tertiary/aromatic N) is 2. The lowest BCUT2D eigenvalue weighted by molar-refractivity contribution is -0.140. The molecule has 0 aliphatic rings. The van der Waals surface area contributed by atoms with E-state index in [1.165, 1.54) is 42.7 Å². The second-order valence-electron chi connectivity index (χ2n) is 6.69. The second-order valence-corrected chi connectivity index (χ2v) is 7.70. The minimum Gasteiger partial charge on any atom is -0.478 e. The molecule has 1 aromatic heterocycles. The molecule has 162 valence electrons. The van der Waals surface area contributed by atoms with Gasteiger partial charge in [0.05, 0.1) is 29.3 Å². The van der Waals surface area contributed by atoms with E-state index in [0.29, 0.717) is 34.0 Å². The van der Waals surface area contributed by atoms with Crippen LogP contribution in [0.5, 0.6) is 0 Å². The Morgan fingerprint density at radius 3 is 2.58 bits per heavy atom. The van der Waals surface area contributed by atoms with Crippen LogP contribution in [0.1, 0.15) is 29.3 Å². The maximum absolute atomic E-state index is 14.9. The van der Waals surface area contributed by atoms with Gasteiger partial charge in [-0.25, -0.2) is 14.2 Å². The number of rotatable bonds is 8. The number of amidine groups is 1. The Balaban J connectivity index is 2.14. The topological polar surface area (TPSA) is 130 Å². The molecule has 0 unspecified atom stereocenters. The maximum atomic E-state index is 14.9. The number of carboxylic acid groups (broad SMARTS) is 1. The van der Waals surface area contributed by atoms with Crippen molar-refractivity contribution < 1.29 is 23.8 Å². The zero-order valence-electron chi connectivity index (χ0n) is 16.9. The summed E-state index contributed by atoms with van der Waals surface area (Å²) >= 11 is 1.27. The van der Waals surface area contributed by atoms with Gasteiger partial charge in [0.2, 0.25) is 0 Å². The molecule has 0 fully saturated rings. The molecule has 0 bridgehead atoms. The van der Waals surface area contributed by atoms with E-state index in [4.69, 9.17) is 11.1 Å². The van der Waals surface area contributed by atoms with Crippen molar-refractivity contribution in [3.63, 3.8) is 0 Å². The van der Waals surface area contributed by atoms with Crippen molar-refractivity contribution in [1.82, 2.24) is 4.98 Å². The van der Waals surface area contributed by atoms with Gasteiger partial charge in [-0.1, -0.05) is 23.5 Å². The van der Waals surface area contributed by atoms with Crippen molar-refractivity contribution >= 4 is 44.5 Å².